The van der Waals surface area contributed by atoms with Gasteiger partial charge in [-0.25, -0.2) is 0 Å². The monoisotopic (exact) mass is 352 g/mol. The van der Waals surface area contributed by atoms with Crippen molar-refractivity contribution in [2.75, 3.05) is 14.2 Å². The van der Waals surface area contributed by atoms with Crippen LogP contribution in [0, 0.1) is 29.1 Å². The Kier molecular flexibility index (Phi) is 3.12. The molecule has 4 atom stereocenters. The number of hydrazone groups is 1. The second-order valence-corrected chi connectivity index (χ2v) is 7.57. The van der Waals surface area contributed by atoms with Gasteiger partial charge in [0.05, 0.1) is 32.3 Å². The van der Waals surface area contributed by atoms with E-state index < -0.39 is 0 Å². The number of fused-ring (bicyclic) bond motifs is 3. The van der Waals surface area contributed by atoms with Crippen LogP contribution in [0.15, 0.2) is 35.5 Å². The van der Waals surface area contributed by atoms with Crippen molar-refractivity contribution < 1.29 is 19.1 Å². The molecule has 1 aliphatic heterocycles. The molecule has 0 N–H and O–H groups in total. The van der Waals surface area contributed by atoms with Crippen LogP contribution in [0.5, 0.6) is 11.5 Å². The van der Waals surface area contributed by atoms with E-state index in [1.807, 2.05) is 0 Å². The molecule has 0 radical (unpaired) electrons. The first-order valence-electron chi connectivity index (χ1n) is 8.93. The van der Waals surface area contributed by atoms with Gasteiger partial charge in [0.1, 0.15) is 0 Å². The van der Waals surface area contributed by atoms with Crippen molar-refractivity contribution in [3.8, 4) is 11.5 Å². The van der Waals surface area contributed by atoms with Crippen LogP contribution in [0.2, 0.25) is 0 Å². The molecule has 1 saturated heterocycles. The van der Waals surface area contributed by atoms with Gasteiger partial charge in [0.25, 0.3) is 11.8 Å². The zero-order valence-corrected chi connectivity index (χ0v) is 14.7. The maximum Gasteiger partial charge on any atom is 0.254 e. The average molecular weight is 352 g/mol. The lowest BCUT2D eigenvalue weighted by molar-refractivity contribution is -0.141. The van der Waals surface area contributed by atoms with E-state index in [0.717, 1.165) is 23.4 Å². The molecule has 2 saturated carbocycles. The highest BCUT2D eigenvalue weighted by atomic mass is 16.5. The van der Waals surface area contributed by atoms with Crippen molar-refractivity contribution in [2.45, 2.75) is 12.8 Å². The molecule has 1 heterocycles. The van der Waals surface area contributed by atoms with E-state index in [0.29, 0.717) is 11.5 Å². The largest absolute Gasteiger partial charge is 0.493 e. The fraction of sp³-hybridized carbons (Fsp3) is 0.450. The van der Waals surface area contributed by atoms with Gasteiger partial charge in [0.2, 0.25) is 0 Å². The van der Waals surface area contributed by atoms with E-state index in [-0.39, 0.29) is 40.9 Å². The molecule has 1 spiro atoms. The minimum atomic E-state index is -0.220. The summed E-state index contributed by atoms with van der Waals surface area (Å²) in [7, 11) is 3.13. The number of carbonyl (C=O) groups excluding carboxylic acids is 2. The van der Waals surface area contributed by atoms with Gasteiger partial charge in [-0.15, -0.1) is 0 Å². The van der Waals surface area contributed by atoms with E-state index in [4.69, 9.17) is 9.47 Å². The Morgan fingerprint density at radius 3 is 2.19 bits per heavy atom. The summed E-state index contributed by atoms with van der Waals surface area (Å²) in [6.45, 7) is 0. The van der Waals surface area contributed by atoms with Gasteiger partial charge in [0.15, 0.2) is 11.5 Å². The quantitative estimate of drug-likeness (QED) is 0.473. The number of rotatable bonds is 4. The molecule has 5 rings (SSSR count). The maximum absolute atomic E-state index is 12.9. The molecule has 2 amide bonds. The van der Waals surface area contributed by atoms with Crippen LogP contribution in [0.25, 0.3) is 0 Å². The standard InChI is InChI=1S/C20H20N2O4/c1-25-14-6-3-11(9-15(14)26-2)10-21-22-18(23)16-12-4-5-13(17(16)19(22)24)20(12)7-8-20/h3-6,9-10,12-13,16-17H,7-8H2,1-2H3/b21-10-/t12-,13-,16-,17+/m1/s1. The maximum atomic E-state index is 12.9. The fourth-order valence-electron chi connectivity index (χ4n) is 5.23. The Morgan fingerprint density at radius 2 is 1.65 bits per heavy atom. The Balaban J connectivity index is 1.40. The summed E-state index contributed by atoms with van der Waals surface area (Å²) in [5.41, 5.74) is 0.944. The zero-order chi connectivity index (χ0) is 18.1. The van der Waals surface area contributed by atoms with Crippen LogP contribution < -0.4 is 9.47 Å². The predicted octanol–water partition coefficient (Wildman–Crippen LogP) is 2.23. The third kappa shape index (κ3) is 1.84. The molecule has 4 aliphatic rings. The normalized spacial score (nSPS) is 32.8. The summed E-state index contributed by atoms with van der Waals surface area (Å²) >= 11 is 0. The summed E-state index contributed by atoms with van der Waals surface area (Å²) in [6.07, 6.45) is 8.12. The second-order valence-electron chi connectivity index (χ2n) is 7.57. The number of benzene rings is 1. The summed E-state index contributed by atoms with van der Waals surface area (Å²) in [5, 5.41) is 5.30. The van der Waals surface area contributed by atoms with E-state index in [1.165, 1.54) is 6.21 Å². The first-order chi connectivity index (χ1) is 12.6. The van der Waals surface area contributed by atoms with Crippen LogP contribution in [0.1, 0.15) is 18.4 Å². The predicted molar refractivity (Wildman–Crippen MR) is 93.8 cm³/mol. The Morgan fingerprint density at radius 1 is 1.04 bits per heavy atom. The average Bonchev–Trinajstić information content (AvgIpc) is 3.26. The van der Waals surface area contributed by atoms with Gasteiger partial charge < -0.3 is 9.47 Å². The molecule has 3 fully saturated rings. The number of hydrogen-bond acceptors (Lipinski definition) is 5. The molecule has 3 aliphatic carbocycles. The van der Waals surface area contributed by atoms with Gasteiger partial charge in [-0.05, 0) is 53.9 Å². The smallest absolute Gasteiger partial charge is 0.254 e. The van der Waals surface area contributed by atoms with Crippen LogP contribution in [-0.4, -0.2) is 37.3 Å². The van der Waals surface area contributed by atoms with Gasteiger partial charge in [-0.1, -0.05) is 12.2 Å². The van der Waals surface area contributed by atoms with Crippen molar-refractivity contribution in [1.82, 2.24) is 5.01 Å². The SMILES string of the molecule is COc1ccc(/C=N\N2C(=O)[C@@H]3[C@H](C2=O)[C@H]2C=C[C@H]3C23CC3)cc1OC. The molecule has 6 nitrogen and oxygen atoms in total. The number of methoxy groups -OCH3 is 2. The number of amides is 2. The molecule has 6 heteroatoms. The lowest BCUT2D eigenvalue weighted by Crippen LogP contribution is -2.30. The van der Waals surface area contributed by atoms with E-state index in [1.54, 1.807) is 32.4 Å². The minimum Gasteiger partial charge on any atom is -0.493 e. The highest BCUT2D eigenvalue weighted by molar-refractivity contribution is 6.07. The summed E-state index contributed by atoms with van der Waals surface area (Å²) in [6, 6.07) is 5.34. The van der Waals surface area contributed by atoms with Crippen molar-refractivity contribution >= 4 is 18.0 Å². The Hall–Kier alpha value is -2.63. The highest BCUT2D eigenvalue weighted by Gasteiger charge is 2.73. The van der Waals surface area contributed by atoms with Gasteiger partial charge >= 0.3 is 0 Å². The number of ether oxygens (including phenoxy) is 2. The lowest BCUT2D eigenvalue weighted by atomic mass is 9.85. The van der Waals surface area contributed by atoms with Crippen LogP contribution in [0.3, 0.4) is 0 Å². The number of allylic oxidation sites excluding steroid dienone is 2. The van der Waals surface area contributed by atoms with Crippen molar-refractivity contribution in [3.05, 3.63) is 35.9 Å². The minimum absolute atomic E-state index is 0.153. The molecule has 1 aromatic rings. The molecule has 1 aromatic carbocycles. The van der Waals surface area contributed by atoms with Gasteiger partial charge in [0, 0.05) is 0 Å². The Labute approximate surface area is 151 Å². The molecule has 134 valence electrons. The molecule has 26 heavy (non-hydrogen) atoms. The summed E-state index contributed by atoms with van der Waals surface area (Å²) in [5.74, 6) is 0.880. The molecule has 0 unspecified atom stereocenters. The van der Waals surface area contributed by atoms with Crippen molar-refractivity contribution in [1.29, 1.82) is 0 Å². The Bertz CT molecular complexity index is 837. The van der Waals surface area contributed by atoms with E-state index in [9.17, 15) is 9.59 Å². The van der Waals surface area contributed by atoms with Crippen LogP contribution >= 0.6 is 0 Å². The fourth-order valence-corrected chi connectivity index (χ4v) is 5.23. The van der Waals surface area contributed by atoms with Gasteiger partial charge in [-0.2, -0.15) is 10.1 Å². The third-order valence-corrected chi connectivity index (χ3v) is 6.56. The topological polar surface area (TPSA) is 68.2 Å². The van der Waals surface area contributed by atoms with Crippen LogP contribution in [0.4, 0.5) is 0 Å². The molecular weight excluding hydrogens is 332 g/mol. The summed E-state index contributed by atoms with van der Waals surface area (Å²) < 4.78 is 10.5. The third-order valence-electron chi connectivity index (χ3n) is 6.56. The van der Waals surface area contributed by atoms with Crippen molar-refractivity contribution in [3.63, 3.8) is 0 Å². The van der Waals surface area contributed by atoms with Gasteiger partial charge in [-0.3, -0.25) is 9.59 Å². The summed E-state index contributed by atoms with van der Waals surface area (Å²) in [4.78, 5) is 25.7. The number of nitrogens with zero attached hydrogens (tertiary/aromatic N) is 2. The van der Waals surface area contributed by atoms with E-state index >= 15 is 0 Å². The highest BCUT2D eigenvalue weighted by Crippen LogP contribution is 2.73. The number of hydrogen-bond donors (Lipinski definition) is 0. The van der Waals surface area contributed by atoms with Crippen LogP contribution in [-0.2, 0) is 9.59 Å². The van der Waals surface area contributed by atoms with E-state index in [2.05, 4.69) is 17.3 Å². The first kappa shape index (κ1) is 15.6. The molecule has 2 bridgehead atoms. The number of imide groups is 1. The molecule has 0 aromatic heterocycles. The zero-order valence-electron chi connectivity index (χ0n) is 14.7. The van der Waals surface area contributed by atoms with Crippen molar-refractivity contribution in [2.24, 2.45) is 34.2 Å². The second kappa shape index (κ2) is 5.19. The lowest BCUT2D eigenvalue weighted by Gasteiger charge is -2.18. The molecular formula is C20H20N2O4. The first-order valence-corrected chi connectivity index (χ1v) is 8.93. The number of carbonyl (C=O) groups is 2.